The molecule has 0 heterocycles. The third-order valence-electron chi connectivity index (χ3n) is 4.16. The Morgan fingerprint density at radius 1 is 0.619 bits per heavy atom. The fraction of sp³-hybridized carbons (Fsp3) is 0.850. The van der Waals surface area contributed by atoms with E-state index < -0.39 is 0 Å². The van der Waals surface area contributed by atoms with Gasteiger partial charge in [0.25, 0.3) is 0 Å². The molecule has 0 saturated carbocycles. The van der Waals surface area contributed by atoms with Crippen molar-refractivity contribution in [3.63, 3.8) is 0 Å². The number of unbranched alkanes of at least 4 members (excludes halogenated alkanes) is 15. The van der Waals surface area contributed by atoms with Gasteiger partial charge in [-0.05, 0) is 18.9 Å². The van der Waals surface area contributed by atoms with E-state index >= 15 is 0 Å². The molecule has 0 bridgehead atoms. The molecular weight excluding hydrogens is 256 g/mol. The molecule has 0 N–H and O–H groups in total. The van der Waals surface area contributed by atoms with E-state index in [1.54, 1.807) is 6.29 Å². The van der Waals surface area contributed by atoms with Gasteiger partial charge in [-0.15, -0.1) is 0 Å². The largest absolute Gasteiger partial charge is 0.286 e. The molecule has 0 aliphatic rings. The second kappa shape index (κ2) is 19.4. The first-order valence-corrected chi connectivity index (χ1v) is 9.44. The molecule has 0 rings (SSSR count). The monoisotopic (exact) mass is 293 g/mol. The Labute approximate surface area is 133 Å². The number of carbonyl (C=O) groups excluding carboxylic acids is 1. The molecule has 1 nitrogen and oxygen atoms in total. The summed E-state index contributed by atoms with van der Waals surface area (Å²) in [5.41, 5.74) is 0. The van der Waals surface area contributed by atoms with E-state index in [-0.39, 0.29) is 0 Å². The third kappa shape index (κ3) is 19.4. The Morgan fingerprint density at radius 3 is 1.38 bits per heavy atom. The average Bonchev–Trinajstić information content (AvgIpc) is 2.50. The van der Waals surface area contributed by atoms with Gasteiger partial charge in [-0.2, -0.15) is 0 Å². The lowest BCUT2D eigenvalue weighted by Crippen LogP contribution is -1.83. The number of rotatable bonds is 17. The van der Waals surface area contributed by atoms with E-state index in [4.69, 9.17) is 0 Å². The Morgan fingerprint density at radius 2 is 1.00 bits per heavy atom. The highest BCUT2D eigenvalue weighted by Gasteiger charge is 1.93. The molecule has 0 aliphatic heterocycles. The van der Waals surface area contributed by atoms with Gasteiger partial charge in [0, 0.05) is 0 Å². The maximum absolute atomic E-state index is 9.95. The van der Waals surface area contributed by atoms with Crippen molar-refractivity contribution in [2.75, 3.05) is 0 Å². The zero-order valence-electron chi connectivity index (χ0n) is 14.4. The molecule has 1 radical (unpaired) electrons. The van der Waals surface area contributed by atoms with Gasteiger partial charge in [-0.3, -0.25) is 4.79 Å². The molecule has 0 spiro atoms. The second-order valence-electron chi connectivity index (χ2n) is 6.26. The second-order valence-corrected chi connectivity index (χ2v) is 6.26. The standard InChI is InChI=1S/C20H37O/c1-2-3-4-5-6-7-8-9-10-11-12-13-14-15-16-17-18-19-20-21/h18-19H,2-17H2,1H3/b19-18-. The van der Waals surface area contributed by atoms with Crippen LogP contribution in [0.15, 0.2) is 12.2 Å². The summed E-state index contributed by atoms with van der Waals surface area (Å²) in [7, 11) is 0. The summed E-state index contributed by atoms with van der Waals surface area (Å²) >= 11 is 0. The van der Waals surface area contributed by atoms with E-state index in [0.29, 0.717) is 0 Å². The highest BCUT2D eigenvalue weighted by molar-refractivity contribution is 5.65. The number of hydrogen-bond acceptors (Lipinski definition) is 1. The number of allylic oxidation sites excluding steroid dienone is 2. The highest BCUT2D eigenvalue weighted by Crippen LogP contribution is 2.13. The maximum atomic E-state index is 9.95. The van der Waals surface area contributed by atoms with Crippen LogP contribution >= 0.6 is 0 Å². The van der Waals surface area contributed by atoms with Crippen LogP contribution in [0.25, 0.3) is 0 Å². The summed E-state index contributed by atoms with van der Waals surface area (Å²) in [4.78, 5) is 9.95. The summed E-state index contributed by atoms with van der Waals surface area (Å²) in [6.45, 7) is 2.28. The van der Waals surface area contributed by atoms with E-state index in [1.165, 1.54) is 102 Å². The maximum Gasteiger partial charge on any atom is 0.225 e. The predicted molar refractivity (Wildman–Crippen MR) is 94.4 cm³/mol. The summed E-state index contributed by atoms with van der Waals surface area (Å²) in [6.07, 6.45) is 27.3. The molecule has 123 valence electrons. The number of hydrogen-bond donors (Lipinski definition) is 0. The Hall–Kier alpha value is -0.590. The normalized spacial score (nSPS) is 11.3. The molecule has 21 heavy (non-hydrogen) atoms. The first kappa shape index (κ1) is 20.4. The van der Waals surface area contributed by atoms with Gasteiger partial charge < -0.3 is 0 Å². The van der Waals surface area contributed by atoms with Crippen LogP contribution in [0.5, 0.6) is 0 Å². The van der Waals surface area contributed by atoms with Crippen molar-refractivity contribution >= 4 is 6.29 Å². The molecule has 1 heteroatoms. The van der Waals surface area contributed by atoms with Gasteiger partial charge in [0.05, 0.1) is 0 Å². The quantitative estimate of drug-likeness (QED) is 0.210. The van der Waals surface area contributed by atoms with Crippen LogP contribution in [-0.4, -0.2) is 6.29 Å². The van der Waals surface area contributed by atoms with Crippen molar-refractivity contribution < 1.29 is 4.79 Å². The minimum absolute atomic E-state index is 1.04. The van der Waals surface area contributed by atoms with Gasteiger partial charge in [0.2, 0.25) is 6.29 Å². The molecule has 0 atom stereocenters. The van der Waals surface area contributed by atoms with Crippen molar-refractivity contribution in [3.8, 4) is 0 Å². The first-order valence-electron chi connectivity index (χ1n) is 9.44. The summed E-state index contributed by atoms with van der Waals surface area (Å²) in [5.74, 6) is 0. The summed E-state index contributed by atoms with van der Waals surface area (Å²) in [6, 6.07) is 0. The van der Waals surface area contributed by atoms with Gasteiger partial charge in [-0.25, -0.2) is 0 Å². The molecule has 0 aromatic carbocycles. The topological polar surface area (TPSA) is 17.1 Å². The molecule has 0 aromatic heterocycles. The summed E-state index contributed by atoms with van der Waals surface area (Å²) in [5, 5.41) is 0. The van der Waals surface area contributed by atoms with E-state index in [0.717, 1.165) is 6.42 Å². The van der Waals surface area contributed by atoms with Gasteiger partial charge in [0.1, 0.15) is 0 Å². The first-order chi connectivity index (χ1) is 10.4. The minimum Gasteiger partial charge on any atom is -0.286 e. The van der Waals surface area contributed by atoms with Crippen molar-refractivity contribution in [3.05, 3.63) is 12.2 Å². The SMILES string of the molecule is CCCCCCCCCCCCCCCCC/C=C\[C]=O. The van der Waals surface area contributed by atoms with Crippen molar-refractivity contribution in [2.24, 2.45) is 0 Å². The van der Waals surface area contributed by atoms with Crippen molar-refractivity contribution in [2.45, 2.75) is 110 Å². The Balaban J connectivity index is 2.96. The molecule has 0 saturated heterocycles. The summed E-state index contributed by atoms with van der Waals surface area (Å²) < 4.78 is 0. The van der Waals surface area contributed by atoms with Crippen LogP contribution in [0.2, 0.25) is 0 Å². The Kier molecular flexibility index (Phi) is 18.9. The fourth-order valence-corrected chi connectivity index (χ4v) is 2.76. The fourth-order valence-electron chi connectivity index (χ4n) is 2.76. The van der Waals surface area contributed by atoms with Crippen molar-refractivity contribution in [1.82, 2.24) is 0 Å². The van der Waals surface area contributed by atoms with E-state index in [2.05, 4.69) is 6.92 Å². The highest BCUT2D eigenvalue weighted by atomic mass is 16.1. The van der Waals surface area contributed by atoms with Crippen LogP contribution in [-0.2, 0) is 4.79 Å². The zero-order chi connectivity index (χ0) is 15.4. The van der Waals surface area contributed by atoms with Crippen LogP contribution < -0.4 is 0 Å². The van der Waals surface area contributed by atoms with Crippen LogP contribution in [0.3, 0.4) is 0 Å². The minimum atomic E-state index is 1.04. The molecule has 0 fully saturated rings. The van der Waals surface area contributed by atoms with Gasteiger partial charge >= 0.3 is 0 Å². The molecule has 0 aliphatic carbocycles. The lowest BCUT2D eigenvalue weighted by molar-refractivity contribution is 0.533. The van der Waals surface area contributed by atoms with Crippen LogP contribution in [0.1, 0.15) is 110 Å². The molecule has 0 unspecified atom stereocenters. The predicted octanol–water partition coefficient (Wildman–Crippen LogP) is 6.91. The van der Waals surface area contributed by atoms with Gasteiger partial charge in [0.15, 0.2) is 0 Å². The van der Waals surface area contributed by atoms with E-state index in [1.807, 2.05) is 6.08 Å². The Bertz CT molecular complexity index is 220. The lowest BCUT2D eigenvalue weighted by Gasteiger charge is -2.03. The van der Waals surface area contributed by atoms with Crippen LogP contribution in [0, 0.1) is 0 Å². The van der Waals surface area contributed by atoms with Crippen LogP contribution in [0.4, 0.5) is 0 Å². The lowest BCUT2D eigenvalue weighted by atomic mass is 10.0. The van der Waals surface area contributed by atoms with E-state index in [9.17, 15) is 4.79 Å². The smallest absolute Gasteiger partial charge is 0.225 e. The van der Waals surface area contributed by atoms with Crippen molar-refractivity contribution in [1.29, 1.82) is 0 Å². The molecular formula is C20H37O. The molecule has 0 aromatic rings. The van der Waals surface area contributed by atoms with Gasteiger partial charge in [-0.1, -0.05) is 103 Å². The zero-order valence-corrected chi connectivity index (χ0v) is 14.4. The average molecular weight is 294 g/mol. The molecule has 0 amide bonds. The third-order valence-corrected chi connectivity index (χ3v) is 4.16.